The van der Waals surface area contributed by atoms with Crippen LogP contribution in [0.15, 0.2) is 12.0 Å². The molecule has 1 saturated carbocycles. The largest absolute Gasteiger partial charge is 0.373 e. The highest BCUT2D eigenvalue weighted by molar-refractivity contribution is 5.81. The Bertz CT molecular complexity index is 1070. The predicted octanol–water partition coefficient (Wildman–Crippen LogP) is 0.438. The van der Waals surface area contributed by atoms with Crippen LogP contribution < -0.4 is 16.8 Å². The Labute approximate surface area is 248 Å². The molecule has 12 heteroatoms. The quantitative estimate of drug-likeness (QED) is 0.365. The molecule has 1 aliphatic carbocycles. The van der Waals surface area contributed by atoms with Gasteiger partial charge in [-0.2, -0.15) is 0 Å². The predicted molar refractivity (Wildman–Crippen MR) is 156 cm³/mol. The van der Waals surface area contributed by atoms with Crippen LogP contribution in [0.3, 0.4) is 0 Å². The highest BCUT2D eigenvalue weighted by Crippen LogP contribution is 2.47. The number of likely N-dealkylation sites (N-methyl/N-ethyl adjacent to an activating group) is 2. The molecule has 10 nitrogen and oxygen atoms in total. The van der Waals surface area contributed by atoms with Crippen LogP contribution in [0.1, 0.15) is 52.4 Å². The van der Waals surface area contributed by atoms with Gasteiger partial charge in [-0.05, 0) is 72.5 Å². The minimum absolute atomic E-state index is 0.0434. The minimum Gasteiger partial charge on any atom is -0.373 e. The summed E-state index contributed by atoms with van der Waals surface area (Å²) in [6.45, 7) is 8.32. The van der Waals surface area contributed by atoms with Gasteiger partial charge in [-0.3, -0.25) is 24.3 Å². The van der Waals surface area contributed by atoms with E-state index in [0.717, 1.165) is 32.4 Å². The zero-order valence-corrected chi connectivity index (χ0v) is 25.4. The lowest BCUT2D eigenvalue weighted by Gasteiger charge is -2.62. The van der Waals surface area contributed by atoms with Gasteiger partial charge in [0.25, 0.3) is 0 Å². The van der Waals surface area contributed by atoms with E-state index in [1.165, 1.54) is 0 Å². The Morgan fingerprint density at radius 2 is 1.86 bits per heavy atom. The number of nitrogens with zero attached hydrogens (tertiary/aromatic N) is 5. The number of likely N-dealkylation sites (tertiary alicyclic amines) is 1. The Morgan fingerprint density at radius 1 is 1.12 bits per heavy atom. The Kier molecular flexibility index (Phi) is 8.32. The van der Waals surface area contributed by atoms with Gasteiger partial charge in [0, 0.05) is 68.5 Å². The first-order valence-corrected chi connectivity index (χ1v) is 16.1. The molecule has 0 aromatic heterocycles. The first kappa shape index (κ1) is 30.2. The molecule has 42 heavy (non-hydrogen) atoms. The summed E-state index contributed by atoms with van der Waals surface area (Å²) in [4.78, 5) is 37.7. The highest BCUT2D eigenvalue weighted by Gasteiger charge is 2.56. The van der Waals surface area contributed by atoms with Crippen molar-refractivity contribution in [3.05, 3.63) is 12.0 Å². The van der Waals surface area contributed by atoms with E-state index in [2.05, 4.69) is 38.9 Å². The fraction of sp³-hybridized carbons (Fsp3) is 0.867. The lowest BCUT2D eigenvalue weighted by molar-refractivity contribution is -0.152. The van der Waals surface area contributed by atoms with Crippen molar-refractivity contribution in [1.82, 2.24) is 29.8 Å². The van der Waals surface area contributed by atoms with Gasteiger partial charge in [-0.1, -0.05) is 0 Å². The number of hydrogen-bond acceptors (Lipinski definition) is 8. The van der Waals surface area contributed by atoms with Crippen LogP contribution in [0, 0.1) is 11.8 Å². The summed E-state index contributed by atoms with van der Waals surface area (Å²) in [6.07, 6.45) is 4.17. The van der Waals surface area contributed by atoms with Crippen molar-refractivity contribution in [2.75, 3.05) is 52.9 Å². The van der Waals surface area contributed by atoms with E-state index in [-0.39, 0.29) is 41.7 Å². The number of piperidine rings is 2. The number of amides is 2. The molecule has 0 aromatic rings. The molecular formula is C30H50F2N8O2. The zero-order valence-electron chi connectivity index (χ0n) is 25.4. The SMILES string of the molecule is CCN1C=C(F)C(N2CCC(C(=O)N3CCN(C)C4CC43)CC2)C(NC(=O)C(C(N)N)C2CC3(C)CC[C@H](F)CN23)C1. The second kappa shape index (κ2) is 11.6. The molecule has 5 heterocycles. The van der Waals surface area contributed by atoms with E-state index in [1.807, 2.05) is 11.8 Å². The van der Waals surface area contributed by atoms with E-state index in [9.17, 15) is 14.0 Å². The third-order valence-electron chi connectivity index (χ3n) is 11.3. The van der Waals surface area contributed by atoms with Crippen LogP contribution >= 0.6 is 0 Å². The number of halogens is 2. The number of alkyl halides is 1. The van der Waals surface area contributed by atoms with Crippen LogP contribution in [0.25, 0.3) is 0 Å². The van der Waals surface area contributed by atoms with Crippen LogP contribution in [0.5, 0.6) is 0 Å². The summed E-state index contributed by atoms with van der Waals surface area (Å²) < 4.78 is 30.1. The fourth-order valence-corrected chi connectivity index (χ4v) is 8.67. The highest BCUT2D eigenvalue weighted by atomic mass is 19.1. The van der Waals surface area contributed by atoms with Crippen molar-refractivity contribution >= 4 is 11.8 Å². The number of nitrogens with two attached hydrogens (primary N) is 2. The van der Waals surface area contributed by atoms with Gasteiger partial charge in [0.15, 0.2) is 0 Å². The van der Waals surface area contributed by atoms with Gasteiger partial charge in [-0.15, -0.1) is 0 Å². The van der Waals surface area contributed by atoms with Crippen molar-refractivity contribution in [2.45, 2.75) is 100 Å². The second-order valence-corrected chi connectivity index (χ2v) is 14.0. The minimum atomic E-state index is -0.921. The fourth-order valence-electron chi connectivity index (χ4n) is 8.67. The second-order valence-electron chi connectivity index (χ2n) is 14.0. The summed E-state index contributed by atoms with van der Waals surface area (Å²) >= 11 is 0. The lowest BCUT2D eigenvalue weighted by Crippen LogP contribution is -2.74. The molecule has 0 spiro atoms. The molecule has 6 rings (SSSR count). The Morgan fingerprint density at radius 3 is 2.55 bits per heavy atom. The molecule has 7 unspecified atom stereocenters. The summed E-state index contributed by atoms with van der Waals surface area (Å²) in [5.41, 5.74) is 12.2. The molecule has 5 N–H and O–H groups in total. The normalized spacial score (nSPS) is 38.8. The Balaban J connectivity index is 1.12. The van der Waals surface area contributed by atoms with Crippen LogP contribution in [-0.4, -0.2) is 137 Å². The third-order valence-corrected chi connectivity index (χ3v) is 11.3. The summed E-state index contributed by atoms with van der Waals surface area (Å²) in [7, 11) is 2.13. The average Bonchev–Trinajstić information content (AvgIpc) is 3.76. The van der Waals surface area contributed by atoms with E-state index >= 15 is 4.39 Å². The van der Waals surface area contributed by atoms with Gasteiger partial charge < -0.3 is 26.6 Å². The van der Waals surface area contributed by atoms with Gasteiger partial charge >= 0.3 is 0 Å². The van der Waals surface area contributed by atoms with Crippen molar-refractivity contribution in [3.8, 4) is 0 Å². The number of piperazine rings is 1. The number of carbonyl (C=O) groups is 2. The van der Waals surface area contributed by atoms with E-state index in [1.54, 1.807) is 6.20 Å². The summed E-state index contributed by atoms with van der Waals surface area (Å²) in [6, 6.07) is -0.495. The summed E-state index contributed by atoms with van der Waals surface area (Å²) in [5.74, 6) is -1.08. The molecule has 8 atom stereocenters. The topological polar surface area (TPSA) is 114 Å². The van der Waals surface area contributed by atoms with Crippen LogP contribution in [0.2, 0.25) is 0 Å². The van der Waals surface area contributed by atoms with Gasteiger partial charge in [-0.25, -0.2) is 8.78 Å². The number of hydrogen-bond donors (Lipinski definition) is 3. The van der Waals surface area contributed by atoms with Gasteiger partial charge in [0.2, 0.25) is 11.8 Å². The molecule has 0 bridgehead atoms. The van der Waals surface area contributed by atoms with E-state index < -0.39 is 30.3 Å². The molecule has 6 aliphatic rings. The number of nitrogens with one attached hydrogen (secondary N) is 1. The van der Waals surface area contributed by atoms with Crippen molar-refractivity contribution in [1.29, 1.82) is 0 Å². The smallest absolute Gasteiger partial charge is 0.227 e. The molecule has 5 aliphatic heterocycles. The standard InChI is InChI=1S/C30H50F2N8O2/c1-4-37-16-20(32)26(38-9-6-18(7-10-38)29(42)39-12-11-36(3)22-13-23(22)39)21(17-37)35-28(41)25(27(33)34)24-14-30(2)8-5-19(31)15-40(24)30/h16,18-19,21-27H,4-15,17,33-34H2,1-3H3,(H,35,41)/t19-,21?,22?,23?,24?,25?,26?,30?/m0/s1. The maximum Gasteiger partial charge on any atom is 0.227 e. The van der Waals surface area contributed by atoms with Crippen molar-refractivity contribution in [2.24, 2.45) is 23.3 Å². The van der Waals surface area contributed by atoms with E-state index in [0.29, 0.717) is 57.5 Å². The molecule has 4 saturated heterocycles. The first-order chi connectivity index (χ1) is 20.0. The molecule has 2 amide bonds. The Hall–Kier alpha value is -1.86. The number of fused-ring (bicyclic) bond motifs is 2. The average molecular weight is 593 g/mol. The van der Waals surface area contributed by atoms with Crippen LogP contribution in [0.4, 0.5) is 8.78 Å². The van der Waals surface area contributed by atoms with Crippen molar-refractivity contribution in [3.63, 3.8) is 0 Å². The van der Waals surface area contributed by atoms with Crippen molar-refractivity contribution < 1.29 is 18.4 Å². The molecule has 236 valence electrons. The molecule has 0 aromatic carbocycles. The maximum atomic E-state index is 15.8. The maximum absolute atomic E-state index is 15.8. The van der Waals surface area contributed by atoms with Gasteiger partial charge in [0.05, 0.1) is 24.2 Å². The molecular weight excluding hydrogens is 542 g/mol. The molecule has 0 radical (unpaired) electrons. The van der Waals surface area contributed by atoms with Crippen LogP contribution in [-0.2, 0) is 9.59 Å². The van der Waals surface area contributed by atoms with E-state index in [4.69, 9.17) is 11.5 Å². The number of carbonyl (C=O) groups excluding carboxylic acids is 2. The summed E-state index contributed by atoms with van der Waals surface area (Å²) in [5, 5.41) is 3.15. The molecule has 5 fully saturated rings. The first-order valence-electron chi connectivity index (χ1n) is 16.1. The zero-order chi connectivity index (χ0) is 29.9. The lowest BCUT2D eigenvalue weighted by atomic mass is 9.68. The van der Waals surface area contributed by atoms with Gasteiger partial charge in [0.1, 0.15) is 12.0 Å². The monoisotopic (exact) mass is 592 g/mol. The number of rotatable bonds is 7. The third kappa shape index (κ3) is 5.46.